The minimum absolute atomic E-state index is 0.00386. The van der Waals surface area contributed by atoms with Crippen LogP contribution in [0.5, 0.6) is 5.75 Å². The smallest absolute Gasteiger partial charge is 0.280 e. The first-order valence-corrected chi connectivity index (χ1v) is 14.3. The number of halogens is 2. The highest BCUT2D eigenvalue weighted by Crippen LogP contribution is 2.30. The lowest BCUT2D eigenvalue weighted by Crippen LogP contribution is -2.27. The van der Waals surface area contributed by atoms with Crippen LogP contribution in [0.3, 0.4) is 0 Å². The van der Waals surface area contributed by atoms with E-state index in [-0.39, 0.29) is 37.1 Å². The number of nitrogens with zero attached hydrogens (tertiary/aromatic N) is 4. The normalized spacial score (nSPS) is 13.4. The molecule has 0 radical (unpaired) electrons. The molecule has 0 atom stereocenters. The number of fused-ring (bicyclic) bond motifs is 1. The number of aryl methyl sites for hydroxylation is 1. The van der Waals surface area contributed by atoms with Crippen LogP contribution < -0.4 is 20.7 Å². The maximum absolute atomic E-state index is 13.1. The molecule has 5 rings (SSSR count). The van der Waals surface area contributed by atoms with Crippen LogP contribution in [-0.2, 0) is 22.7 Å². The number of nitrogens with two attached hydrogens (primary N) is 1. The molecule has 2 heterocycles. The molecule has 2 aromatic heterocycles. The van der Waals surface area contributed by atoms with Crippen LogP contribution in [-0.4, -0.2) is 39.5 Å². The zero-order chi connectivity index (χ0) is 29.8. The van der Waals surface area contributed by atoms with Crippen molar-refractivity contribution in [3.63, 3.8) is 0 Å². The first-order valence-electron chi connectivity index (χ1n) is 13.6. The number of hydrogen-bond donors (Lipinski definition) is 2. The predicted molar refractivity (Wildman–Crippen MR) is 159 cm³/mol. The first kappa shape index (κ1) is 29.4. The van der Waals surface area contributed by atoms with Crippen LogP contribution in [0.2, 0.25) is 10.0 Å². The molecular weight excluding hydrogens is 583 g/mol. The third kappa shape index (κ3) is 7.03. The average Bonchev–Trinajstić information content (AvgIpc) is 3.70. The van der Waals surface area contributed by atoms with Crippen molar-refractivity contribution in [3.05, 3.63) is 64.0 Å². The summed E-state index contributed by atoms with van der Waals surface area (Å²) in [5.74, 6) is 0.338. The SMILES string of the molecule is CN(C(=O)CC1CCCC1)c1ccc2c(c1)nc(NC(=O)c1cc(COc3cc(Cl)cc(Cl)c3)on1)n2CCC(N)=O. The van der Waals surface area contributed by atoms with E-state index in [4.69, 9.17) is 38.2 Å². The Morgan fingerprint density at radius 2 is 1.86 bits per heavy atom. The topological polar surface area (TPSA) is 146 Å². The number of carbonyl (C=O) groups is 3. The Labute approximate surface area is 251 Å². The van der Waals surface area contributed by atoms with Crippen LogP contribution in [0.25, 0.3) is 11.0 Å². The molecule has 0 bridgehead atoms. The first-order chi connectivity index (χ1) is 20.2. The van der Waals surface area contributed by atoms with Crippen molar-refractivity contribution in [2.75, 3.05) is 17.3 Å². The molecule has 42 heavy (non-hydrogen) atoms. The third-order valence-corrected chi connectivity index (χ3v) is 7.68. The molecule has 13 heteroatoms. The van der Waals surface area contributed by atoms with Crippen molar-refractivity contribution >= 4 is 63.6 Å². The third-order valence-electron chi connectivity index (χ3n) is 7.25. The summed E-state index contributed by atoms with van der Waals surface area (Å²) in [6.07, 6.45) is 5.07. The molecule has 0 saturated heterocycles. The van der Waals surface area contributed by atoms with Crippen molar-refractivity contribution in [3.8, 4) is 5.75 Å². The van der Waals surface area contributed by atoms with Gasteiger partial charge >= 0.3 is 0 Å². The number of imidazole rings is 1. The molecule has 1 aliphatic rings. The summed E-state index contributed by atoms with van der Waals surface area (Å²) in [6, 6.07) is 11.6. The van der Waals surface area contributed by atoms with Gasteiger partial charge in [0.15, 0.2) is 11.5 Å². The molecule has 3 N–H and O–H groups in total. The van der Waals surface area contributed by atoms with Crippen LogP contribution in [0.15, 0.2) is 47.0 Å². The van der Waals surface area contributed by atoms with E-state index < -0.39 is 11.8 Å². The molecular formula is C29H30Cl2N6O5. The second-order valence-corrected chi connectivity index (χ2v) is 11.2. The van der Waals surface area contributed by atoms with E-state index >= 15 is 0 Å². The van der Waals surface area contributed by atoms with Gasteiger partial charge in [0.2, 0.25) is 17.8 Å². The minimum atomic E-state index is -0.574. The summed E-state index contributed by atoms with van der Waals surface area (Å²) < 4.78 is 12.6. The van der Waals surface area contributed by atoms with Crippen molar-refractivity contribution in [1.82, 2.24) is 14.7 Å². The van der Waals surface area contributed by atoms with Gasteiger partial charge in [0.25, 0.3) is 5.91 Å². The summed E-state index contributed by atoms with van der Waals surface area (Å²) in [5, 5.41) is 7.43. The highest BCUT2D eigenvalue weighted by Gasteiger charge is 2.23. The van der Waals surface area contributed by atoms with Crippen LogP contribution >= 0.6 is 23.2 Å². The summed E-state index contributed by atoms with van der Waals surface area (Å²) in [5.41, 5.74) is 7.30. The maximum atomic E-state index is 13.1. The van der Waals surface area contributed by atoms with E-state index in [1.54, 1.807) is 46.8 Å². The highest BCUT2D eigenvalue weighted by atomic mass is 35.5. The van der Waals surface area contributed by atoms with Gasteiger partial charge in [-0.05, 0) is 55.2 Å². The number of ether oxygens (including phenoxy) is 1. The molecule has 1 saturated carbocycles. The summed E-state index contributed by atoms with van der Waals surface area (Å²) in [4.78, 5) is 43.8. The van der Waals surface area contributed by atoms with Crippen LogP contribution in [0.1, 0.15) is 54.8 Å². The molecule has 0 unspecified atom stereocenters. The number of hydrogen-bond acceptors (Lipinski definition) is 7. The van der Waals surface area contributed by atoms with E-state index in [1.165, 1.54) is 18.9 Å². The van der Waals surface area contributed by atoms with Crippen molar-refractivity contribution in [1.29, 1.82) is 0 Å². The van der Waals surface area contributed by atoms with Gasteiger partial charge in [0.05, 0.1) is 11.0 Å². The number of anilines is 2. The van der Waals surface area contributed by atoms with Gasteiger partial charge in [0, 0.05) is 48.2 Å². The molecule has 1 aliphatic carbocycles. The van der Waals surface area contributed by atoms with Gasteiger partial charge in [-0.1, -0.05) is 41.2 Å². The van der Waals surface area contributed by atoms with Crippen LogP contribution in [0.4, 0.5) is 11.6 Å². The minimum Gasteiger partial charge on any atom is -0.485 e. The average molecular weight is 614 g/mol. The maximum Gasteiger partial charge on any atom is 0.280 e. The Balaban J connectivity index is 1.32. The summed E-state index contributed by atoms with van der Waals surface area (Å²) in [7, 11) is 1.75. The van der Waals surface area contributed by atoms with Crippen molar-refractivity contribution < 1.29 is 23.6 Å². The Morgan fingerprint density at radius 1 is 1.12 bits per heavy atom. The fourth-order valence-electron chi connectivity index (χ4n) is 5.03. The van der Waals surface area contributed by atoms with Gasteiger partial charge in [-0.3, -0.25) is 19.7 Å². The number of rotatable bonds is 11. The molecule has 0 aliphatic heterocycles. The molecule has 11 nitrogen and oxygen atoms in total. The second-order valence-electron chi connectivity index (χ2n) is 10.3. The predicted octanol–water partition coefficient (Wildman–Crippen LogP) is 5.58. The second kappa shape index (κ2) is 12.8. The number of benzene rings is 2. The number of nitrogens with one attached hydrogen (secondary N) is 1. The van der Waals surface area contributed by atoms with E-state index in [2.05, 4.69) is 15.5 Å². The molecule has 4 aromatic rings. The van der Waals surface area contributed by atoms with Crippen molar-refractivity contribution in [2.24, 2.45) is 11.7 Å². The largest absolute Gasteiger partial charge is 0.485 e. The number of carbonyl (C=O) groups excluding carboxylic acids is 3. The lowest BCUT2D eigenvalue weighted by atomic mass is 10.0. The Morgan fingerprint density at radius 3 is 2.57 bits per heavy atom. The summed E-state index contributed by atoms with van der Waals surface area (Å²) >= 11 is 12.0. The van der Waals surface area contributed by atoms with Gasteiger partial charge in [-0.15, -0.1) is 0 Å². The number of amides is 3. The van der Waals surface area contributed by atoms with Crippen LogP contribution in [0, 0.1) is 5.92 Å². The monoisotopic (exact) mass is 612 g/mol. The summed E-state index contributed by atoms with van der Waals surface area (Å²) in [6.45, 7) is 0.182. The zero-order valence-electron chi connectivity index (χ0n) is 22.9. The zero-order valence-corrected chi connectivity index (χ0v) is 24.5. The fraction of sp³-hybridized carbons (Fsp3) is 0.345. The van der Waals surface area contributed by atoms with E-state index in [0.717, 1.165) is 12.8 Å². The Hall–Kier alpha value is -4.09. The molecule has 3 amide bonds. The van der Waals surface area contributed by atoms with Gasteiger partial charge in [-0.25, -0.2) is 4.98 Å². The molecule has 220 valence electrons. The van der Waals surface area contributed by atoms with E-state index in [0.29, 0.717) is 50.6 Å². The number of aromatic nitrogens is 3. The van der Waals surface area contributed by atoms with E-state index in [9.17, 15) is 14.4 Å². The molecule has 2 aromatic carbocycles. The molecule has 0 spiro atoms. The Bertz CT molecular complexity index is 1610. The highest BCUT2D eigenvalue weighted by molar-refractivity contribution is 6.34. The number of primary amides is 1. The standard InChI is InChI=1S/C29H30Cl2N6O5/c1-36(27(39)10-17-4-2-3-5-17)20-6-7-25-23(14-20)33-29(37(25)9-8-26(32)38)34-28(40)24-15-22(42-35-24)16-41-21-12-18(30)11-19(31)13-21/h6-7,11-15,17H,2-5,8-10,16H2,1H3,(H2,32,38)(H,33,34,40). The Kier molecular flexibility index (Phi) is 8.98. The molecule has 1 fully saturated rings. The van der Waals surface area contributed by atoms with Gasteiger partial charge in [0.1, 0.15) is 12.4 Å². The fourth-order valence-corrected chi connectivity index (χ4v) is 5.54. The van der Waals surface area contributed by atoms with Crippen molar-refractivity contribution in [2.45, 2.75) is 51.7 Å². The lowest BCUT2D eigenvalue weighted by Gasteiger charge is -2.19. The van der Waals surface area contributed by atoms with E-state index in [1.807, 2.05) is 6.07 Å². The lowest BCUT2D eigenvalue weighted by molar-refractivity contribution is -0.119. The van der Waals surface area contributed by atoms with Gasteiger partial charge < -0.3 is 24.5 Å². The van der Waals surface area contributed by atoms with Gasteiger partial charge in [-0.2, -0.15) is 0 Å². The quantitative estimate of drug-likeness (QED) is 0.225.